The zero-order valence-electron chi connectivity index (χ0n) is 10.7. The minimum Gasteiger partial charge on any atom is -0.388 e. The Kier molecular flexibility index (Phi) is 4.87. The lowest BCUT2D eigenvalue weighted by Gasteiger charge is -2.16. The van der Waals surface area contributed by atoms with E-state index in [0.29, 0.717) is 16.5 Å². The minimum atomic E-state index is -0.563. The molecule has 0 radical (unpaired) electrons. The summed E-state index contributed by atoms with van der Waals surface area (Å²) in [5.41, 5.74) is 2.99. The zero-order valence-corrected chi connectivity index (χ0v) is 12.2. The highest BCUT2D eigenvalue weighted by molar-refractivity contribution is 6.42. The van der Waals surface area contributed by atoms with E-state index < -0.39 is 6.10 Å². The van der Waals surface area contributed by atoms with E-state index >= 15 is 0 Å². The quantitative estimate of drug-likeness (QED) is 0.856. The van der Waals surface area contributed by atoms with Crippen molar-refractivity contribution in [1.29, 1.82) is 0 Å². The summed E-state index contributed by atoms with van der Waals surface area (Å²) in [5.74, 6) is 0. The minimum absolute atomic E-state index is 0.469. The molecule has 0 saturated heterocycles. The Hall–Kier alpha value is -1.02. The van der Waals surface area contributed by atoms with Crippen LogP contribution in [-0.2, 0) is 12.8 Å². The van der Waals surface area contributed by atoms with Crippen LogP contribution in [0.1, 0.15) is 29.7 Å². The van der Waals surface area contributed by atoms with Gasteiger partial charge in [0.1, 0.15) is 0 Å². The maximum absolute atomic E-state index is 10.4. The van der Waals surface area contributed by atoms with E-state index in [2.05, 4.69) is 6.92 Å². The number of halogens is 2. The van der Waals surface area contributed by atoms with Crippen molar-refractivity contribution < 1.29 is 5.11 Å². The summed E-state index contributed by atoms with van der Waals surface area (Å²) in [6.07, 6.45) is 0.805. The second-order valence-corrected chi connectivity index (χ2v) is 5.27. The van der Waals surface area contributed by atoms with E-state index in [1.165, 1.54) is 0 Å². The lowest BCUT2D eigenvalue weighted by molar-refractivity contribution is 0.177. The molecule has 0 spiro atoms. The van der Waals surface area contributed by atoms with Gasteiger partial charge in [0, 0.05) is 6.42 Å². The van der Waals surface area contributed by atoms with Crippen LogP contribution in [0.25, 0.3) is 0 Å². The van der Waals surface area contributed by atoms with E-state index in [-0.39, 0.29) is 0 Å². The molecule has 0 aliphatic carbocycles. The maximum Gasteiger partial charge on any atom is 0.0833 e. The van der Waals surface area contributed by atoms with Crippen molar-refractivity contribution in [2.24, 2.45) is 0 Å². The van der Waals surface area contributed by atoms with Crippen molar-refractivity contribution in [1.82, 2.24) is 0 Å². The zero-order chi connectivity index (χ0) is 13.8. The molecular weight excluding hydrogens is 279 g/mol. The van der Waals surface area contributed by atoms with Gasteiger partial charge in [-0.25, -0.2) is 0 Å². The highest BCUT2D eigenvalue weighted by Crippen LogP contribution is 2.30. The second kappa shape index (κ2) is 6.42. The monoisotopic (exact) mass is 294 g/mol. The van der Waals surface area contributed by atoms with Crippen LogP contribution in [0.2, 0.25) is 10.0 Å². The van der Waals surface area contributed by atoms with Gasteiger partial charge >= 0.3 is 0 Å². The van der Waals surface area contributed by atoms with E-state index in [4.69, 9.17) is 23.2 Å². The normalized spacial score (nSPS) is 12.4. The summed E-state index contributed by atoms with van der Waals surface area (Å²) in [6, 6.07) is 13.4. The first kappa shape index (κ1) is 14.4. The second-order valence-electron chi connectivity index (χ2n) is 4.49. The third-order valence-corrected chi connectivity index (χ3v) is 4.10. The van der Waals surface area contributed by atoms with Crippen molar-refractivity contribution >= 4 is 23.2 Å². The number of aryl methyl sites for hydroxylation is 1. The Morgan fingerprint density at radius 3 is 2.42 bits per heavy atom. The highest BCUT2D eigenvalue weighted by atomic mass is 35.5. The average molecular weight is 295 g/mol. The first-order valence-corrected chi connectivity index (χ1v) is 7.07. The van der Waals surface area contributed by atoms with Gasteiger partial charge in [-0.2, -0.15) is 0 Å². The number of aliphatic hydroxyl groups is 1. The van der Waals surface area contributed by atoms with Crippen LogP contribution in [0.3, 0.4) is 0 Å². The average Bonchev–Trinajstić information content (AvgIpc) is 2.43. The van der Waals surface area contributed by atoms with Crippen LogP contribution in [0.15, 0.2) is 42.5 Å². The molecule has 0 saturated carbocycles. The predicted molar refractivity (Wildman–Crippen MR) is 80.9 cm³/mol. The van der Waals surface area contributed by atoms with Gasteiger partial charge in [0.05, 0.1) is 16.1 Å². The van der Waals surface area contributed by atoms with Crippen molar-refractivity contribution in [3.8, 4) is 0 Å². The first-order valence-electron chi connectivity index (χ1n) is 6.32. The number of hydrogen-bond acceptors (Lipinski definition) is 1. The van der Waals surface area contributed by atoms with Gasteiger partial charge < -0.3 is 5.11 Å². The third-order valence-electron chi connectivity index (χ3n) is 3.24. The molecule has 0 aliphatic heterocycles. The van der Waals surface area contributed by atoms with Gasteiger partial charge in [0.15, 0.2) is 0 Å². The van der Waals surface area contributed by atoms with Crippen molar-refractivity contribution in [3.05, 3.63) is 69.2 Å². The van der Waals surface area contributed by atoms with Crippen LogP contribution >= 0.6 is 23.2 Å². The molecule has 2 aromatic carbocycles. The van der Waals surface area contributed by atoms with Gasteiger partial charge in [0.2, 0.25) is 0 Å². The molecule has 1 nitrogen and oxygen atoms in total. The number of aliphatic hydroxyl groups excluding tert-OH is 1. The molecule has 0 bridgehead atoms. The van der Waals surface area contributed by atoms with Gasteiger partial charge in [0.25, 0.3) is 0 Å². The SMILES string of the molecule is CCc1ccccc1C(O)Cc1cccc(Cl)c1Cl. The Bertz CT molecular complexity index is 566. The summed E-state index contributed by atoms with van der Waals surface area (Å²) in [5, 5.41) is 11.4. The van der Waals surface area contributed by atoms with E-state index in [0.717, 1.165) is 23.1 Å². The van der Waals surface area contributed by atoms with E-state index in [1.807, 2.05) is 36.4 Å². The lowest BCUT2D eigenvalue weighted by Crippen LogP contribution is -2.05. The van der Waals surface area contributed by atoms with Crippen LogP contribution < -0.4 is 0 Å². The largest absolute Gasteiger partial charge is 0.388 e. The number of benzene rings is 2. The van der Waals surface area contributed by atoms with Gasteiger partial charge in [-0.15, -0.1) is 0 Å². The van der Waals surface area contributed by atoms with Crippen molar-refractivity contribution in [2.75, 3.05) is 0 Å². The molecule has 1 atom stereocenters. The summed E-state index contributed by atoms with van der Waals surface area (Å²) in [6.45, 7) is 2.08. The molecule has 3 heteroatoms. The fourth-order valence-electron chi connectivity index (χ4n) is 2.21. The molecule has 2 rings (SSSR count). The molecule has 1 unspecified atom stereocenters. The molecule has 2 aromatic rings. The molecule has 1 N–H and O–H groups in total. The summed E-state index contributed by atoms with van der Waals surface area (Å²) in [7, 11) is 0. The Labute approximate surface area is 123 Å². The highest BCUT2D eigenvalue weighted by Gasteiger charge is 2.14. The topological polar surface area (TPSA) is 20.2 Å². The van der Waals surface area contributed by atoms with Crippen LogP contribution in [0, 0.1) is 0 Å². The summed E-state index contributed by atoms with van der Waals surface area (Å²) < 4.78 is 0. The predicted octanol–water partition coefficient (Wildman–Crippen LogP) is 4.83. The standard InChI is InChI=1S/C16H16Cl2O/c1-2-11-6-3-4-8-13(11)15(19)10-12-7-5-9-14(17)16(12)18/h3-9,15,19H,2,10H2,1H3. The van der Waals surface area contributed by atoms with Crippen LogP contribution in [0.4, 0.5) is 0 Å². The molecule has 0 fully saturated rings. The van der Waals surface area contributed by atoms with E-state index in [9.17, 15) is 5.11 Å². The Morgan fingerprint density at radius 1 is 1.00 bits per heavy atom. The van der Waals surface area contributed by atoms with Crippen LogP contribution in [-0.4, -0.2) is 5.11 Å². The third kappa shape index (κ3) is 3.30. The molecule has 0 amide bonds. The molecule has 0 heterocycles. The van der Waals surface area contributed by atoms with Crippen LogP contribution in [0.5, 0.6) is 0 Å². The fraction of sp³-hybridized carbons (Fsp3) is 0.250. The van der Waals surface area contributed by atoms with Gasteiger partial charge in [-0.1, -0.05) is 66.5 Å². The molecular formula is C16H16Cl2O. The van der Waals surface area contributed by atoms with Gasteiger partial charge in [-0.3, -0.25) is 0 Å². The summed E-state index contributed by atoms with van der Waals surface area (Å²) >= 11 is 12.1. The number of hydrogen-bond donors (Lipinski definition) is 1. The lowest BCUT2D eigenvalue weighted by atomic mass is 9.96. The molecule has 0 aliphatic rings. The Morgan fingerprint density at radius 2 is 1.68 bits per heavy atom. The van der Waals surface area contributed by atoms with Crippen molar-refractivity contribution in [2.45, 2.75) is 25.9 Å². The number of rotatable bonds is 4. The Balaban J connectivity index is 2.26. The summed E-state index contributed by atoms with van der Waals surface area (Å²) in [4.78, 5) is 0. The smallest absolute Gasteiger partial charge is 0.0833 e. The maximum atomic E-state index is 10.4. The molecule has 100 valence electrons. The van der Waals surface area contributed by atoms with Gasteiger partial charge in [-0.05, 0) is 29.2 Å². The van der Waals surface area contributed by atoms with E-state index in [1.54, 1.807) is 6.07 Å². The molecule has 19 heavy (non-hydrogen) atoms. The fourth-order valence-corrected chi connectivity index (χ4v) is 2.60. The first-order chi connectivity index (χ1) is 9.13. The van der Waals surface area contributed by atoms with Crippen molar-refractivity contribution in [3.63, 3.8) is 0 Å². The molecule has 0 aromatic heterocycles.